The van der Waals surface area contributed by atoms with Gasteiger partial charge in [-0.1, -0.05) is 13.0 Å². The molecule has 0 bridgehead atoms. The standard InChI is InChI=1S/C16H20FNOS/c1-3-18-14(9-13-6-7-20-11-13)8-12-4-5-16(19-2)15(17)10-12/h4-7,10-11,14,18H,3,8-9H2,1-2H3. The molecule has 0 aliphatic carbocycles. The van der Waals surface area contributed by atoms with Crippen LogP contribution in [0.1, 0.15) is 18.1 Å². The van der Waals surface area contributed by atoms with E-state index in [4.69, 9.17) is 4.74 Å². The highest BCUT2D eigenvalue weighted by Crippen LogP contribution is 2.19. The molecule has 2 nitrogen and oxygen atoms in total. The predicted octanol–water partition coefficient (Wildman–Crippen LogP) is 3.66. The van der Waals surface area contributed by atoms with Crippen molar-refractivity contribution in [2.45, 2.75) is 25.8 Å². The van der Waals surface area contributed by atoms with Crippen molar-refractivity contribution in [2.24, 2.45) is 0 Å². The summed E-state index contributed by atoms with van der Waals surface area (Å²) in [7, 11) is 1.48. The number of halogens is 1. The molecule has 0 fully saturated rings. The SMILES string of the molecule is CCNC(Cc1ccsc1)Cc1ccc(OC)c(F)c1. The molecular weight excluding hydrogens is 273 g/mol. The van der Waals surface area contributed by atoms with E-state index in [2.05, 4.69) is 29.1 Å². The van der Waals surface area contributed by atoms with Crippen LogP contribution < -0.4 is 10.1 Å². The number of thiophene rings is 1. The third-order valence-corrected chi connectivity index (χ3v) is 3.99. The minimum atomic E-state index is -0.296. The van der Waals surface area contributed by atoms with Gasteiger partial charge in [0.15, 0.2) is 11.6 Å². The average molecular weight is 293 g/mol. The van der Waals surface area contributed by atoms with Crippen molar-refractivity contribution in [3.8, 4) is 5.75 Å². The average Bonchev–Trinajstić information content (AvgIpc) is 2.92. The lowest BCUT2D eigenvalue weighted by Gasteiger charge is -2.18. The van der Waals surface area contributed by atoms with Crippen molar-refractivity contribution in [2.75, 3.05) is 13.7 Å². The second kappa shape index (κ2) is 7.41. The van der Waals surface area contributed by atoms with Gasteiger partial charge < -0.3 is 10.1 Å². The van der Waals surface area contributed by atoms with Crippen molar-refractivity contribution in [1.29, 1.82) is 0 Å². The van der Waals surface area contributed by atoms with Crippen molar-refractivity contribution in [3.63, 3.8) is 0 Å². The van der Waals surface area contributed by atoms with E-state index < -0.39 is 0 Å². The molecule has 1 aromatic carbocycles. The van der Waals surface area contributed by atoms with Gasteiger partial charge in [0.05, 0.1) is 7.11 Å². The fourth-order valence-corrected chi connectivity index (χ4v) is 3.00. The Morgan fingerprint density at radius 3 is 2.65 bits per heavy atom. The van der Waals surface area contributed by atoms with Crippen LogP contribution in [-0.2, 0) is 12.8 Å². The van der Waals surface area contributed by atoms with Crippen LogP contribution in [0.5, 0.6) is 5.75 Å². The first-order valence-corrected chi connectivity index (χ1v) is 7.74. The first-order valence-electron chi connectivity index (χ1n) is 6.79. The molecule has 0 aliphatic rings. The number of likely N-dealkylation sites (N-methyl/N-ethyl adjacent to an activating group) is 1. The van der Waals surface area contributed by atoms with E-state index in [9.17, 15) is 4.39 Å². The Kier molecular flexibility index (Phi) is 5.56. The monoisotopic (exact) mass is 293 g/mol. The molecule has 2 rings (SSSR count). The molecule has 108 valence electrons. The van der Waals surface area contributed by atoms with Crippen molar-refractivity contribution < 1.29 is 9.13 Å². The molecule has 0 saturated carbocycles. The highest BCUT2D eigenvalue weighted by Gasteiger charge is 2.11. The zero-order valence-electron chi connectivity index (χ0n) is 11.9. The maximum Gasteiger partial charge on any atom is 0.165 e. The van der Waals surface area contributed by atoms with Crippen LogP contribution in [0, 0.1) is 5.82 Å². The molecule has 0 spiro atoms. The van der Waals surface area contributed by atoms with Gasteiger partial charge in [-0.15, -0.1) is 0 Å². The number of rotatable bonds is 7. The molecule has 0 saturated heterocycles. The van der Waals surface area contributed by atoms with E-state index in [0.717, 1.165) is 24.9 Å². The normalized spacial score (nSPS) is 12.3. The lowest BCUT2D eigenvalue weighted by Crippen LogP contribution is -2.32. The number of ether oxygens (including phenoxy) is 1. The van der Waals surface area contributed by atoms with Crippen LogP contribution in [0.2, 0.25) is 0 Å². The van der Waals surface area contributed by atoms with Gasteiger partial charge in [0.2, 0.25) is 0 Å². The van der Waals surface area contributed by atoms with Crippen LogP contribution >= 0.6 is 11.3 Å². The Morgan fingerprint density at radius 2 is 2.05 bits per heavy atom. The van der Waals surface area contributed by atoms with Crippen molar-refractivity contribution >= 4 is 11.3 Å². The summed E-state index contributed by atoms with van der Waals surface area (Å²) in [6, 6.07) is 7.65. The van der Waals surface area contributed by atoms with Crippen LogP contribution in [0.25, 0.3) is 0 Å². The molecule has 1 atom stereocenters. The van der Waals surface area contributed by atoms with Gasteiger partial charge in [0, 0.05) is 6.04 Å². The second-order valence-corrected chi connectivity index (χ2v) is 5.54. The lowest BCUT2D eigenvalue weighted by molar-refractivity contribution is 0.386. The summed E-state index contributed by atoms with van der Waals surface area (Å²) >= 11 is 1.71. The molecule has 1 unspecified atom stereocenters. The zero-order chi connectivity index (χ0) is 14.4. The number of benzene rings is 1. The Bertz CT molecular complexity index is 527. The van der Waals surface area contributed by atoms with E-state index in [1.54, 1.807) is 23.5 Å². The van der Waals surface area contributed by atoms with Gasteiger partial charge in [0.25, 0.3) is 0 Å². The first-order chi connectivity index (χ1) is 9.72. The van der Waals surface area contributed by atoms with Crippen molar-refractivity contribution in [1.82, 2.24) is 5.32 Å². The van der Waals surface area contributed by atoms with Crippen LogP contribution in [0.3, 0.4) is 0 Å². The molecule has 0 amide bonds. The number of methoxy groups -OCH3 is 1. The molecule has 1 N–H and O–H groups in total. The molecule has 0 radical (unpaired) electrons. The summed E-state index contributed by atoms with van der Waals surface area (Å²) in [4.78, 5) is 0. The summed E-state index contributed by atoms with van der Waals surface area (Å²) in [5.74, 6) is 0.00219. The predicted molar refractivity (Wildman–Crippen MR) is 82.1 cm³/mol. The van der Waals surface area contributed by atoms with Crippen LogP contribution in [-0.4, -0.2) is 19.7 Å². The van der Waals surface area contributed by atoms with Gasteiger partial charge in [-0.05, 0) is 59.5 Å². The van der Waals surface area contributed by atoms with Crippen molar-refractivity contribution in [3.05, 3.63) is 52.0 Å². The number of hydrogen-bond donors (Lipinski definition) is 1. The number of hydrogen-bond acceptors (Lipinski definition) is 3. The summed E-state index contributed by atoms with van der Waals surface area (Å²) in [5, 5.41) is 7.72. The Hall–Kier alpha value is -1.39. The van der Waals surface area contributed by atoms with Crippen LogP contribution in [0.15, 0.2) is 35.0 Å². The maximum absolute atomic E-state index is 13.7. The summed E-state index contributed by atoms with van der Waals surface area (Å²) in [6.45, 7) is 3.00. The highest BCUT2D eigenvalue weighted by atomic mass is 32.1. The van der Waals surface area contributed by atoms with Gasteiger partial charge in [-0.2, -0.15) is 11.3 Å². The molecule has 20 heavy (non-hydrogen) atoms. The second-order valence-electron chi connectivity index (χ2n) is 4.76. The van der Waals surface area contributed by atoms with E-state index in [-0.39, 0.29) is 5.82 Å². The van der Waals surface area contributed by atoms with Gasteiger partial charge >= 0.3 is 0 Å². The quantitative estimate of drug-likeness (QED) is 0.841. The summed E-state index contributed by atoms with van der Waals surface area (Å²) in [5.41, 5.74) is 2.32. The van der Waals surface area contributed by atoms with Crippen LogP contribution in [0.4, 0.5) is 4.39 Å². The Morgan fingerprint density at radius 1 is 1.25 bits per heavy atom. The summed E-state index contributed by atoms with van der Waals surface area (Å²) in [6.07, 6.45) is 1.77. The van der Waals surface area contributed by atoms with Gasteiger partial charge in [0.1, 0.15) is 0 Å². The fraction of sp³-hybridized carbons (Fsp3) is 0.375. The number of nitrogens with one attached hydrogen (secondary N) is 1. The molecular formula is C16H20FNOS. The largest absolute Gasteiger partial charge is 0.494 e. The summed E-state index contributed by atoms with van der Waals surface area (Å²) < 4.78 is 18.7. The minimum Gasteiger partial charge on any atom is -0.494 e. The molecule has 1 heterocycles. The lowest BCUT2D eigenvalue weighted by atomic mass is 10.00. The topological polar surface area (TPSA) is 21.3 Å². The molecule has 0 aliphatic heterocycles. The molecule has 1 aromatic heterocycles. The first kappa shape index (κ1) is 15.0. The fourth-order valence-electron chi connectivity index (χ4n) is 2.32. The smallest absolute Gasteiger partial charge is 0.165 e. The van der Waals surface area contributed by atoms with E-state index in [1.807, 2.05) is 6.07 Å². The van der Waals surface area contributed by atoms with E-state index >= 15 is 0 Å². The van der Waals surface area contributed by atoms with Gasteiger partial charge in [-0.25, -0.2) is 4.39 Å². The Balaban J connectivity index is 2.05. The molecule has 2 aromatic rings. The Labute approximate surface area is 123 Å². The molecule has 4 heteroatoms. The third-order valence-electron chi connectivity index (χ3n) is 3.25. The maximum atomic E-state index is 13.7. The van der Waals surface area contributed by atoms with E-state index in [0.29, 0.717) is 11.8 Å². The third kappa shape index (κ3) is 4.05. The highest BCUT2D eigenvalue weighted by molar-refractivity contribution is 7.07. The van der Waals surface area contributed by atoms with Gasteiger partial charge in [-0.3, -0.25) is 0 Å². The zero-order valence-corrected chi connectivity index (χ0v) is 12.7. The minimum absolute atomic E-state index is 0.296. The van der Waals surface area contributed by atoms with E-state index in [1.165, 1.54) is 12.7 Å².